The molecule has 0 aliphatic carbocycles. The molecule has 5 nitrogen and oxygen atoms in total. The van der Waals surface area contributed by atoms with Crippen LogP contribution in [-0.2, 0) is 0 Å². The second-order valence-electron chi connectivity index (χ2n) is 3.21. The first-order valence-corrected chi connectivity index (χ1v) is 4.38. The zero-order chi connectivity index (χ0) is 11.0. The molecular formula is C10H7N3O2. The molecule has 0 bridgehead atoms. The third kappa shape index (κ3) is 1.19. The number of amides is 2. The van der Waals surface area contributed by atoms with Crippen LogP contribution in [0.4, 0.5) is 0 Å². The molecule has 0 N–H and O–H groups in total. The van der Waals surface area contributed by atoms with Crippen molar-refractivity contribution in [3.05, 3.63) is 29.6 Å². The van der Waals surface area contributed by atoms with Gasteiger partial charge in [-0.25, -0.2) is 0 Å². The minimum Gasteiger partial charge on any atom is -0.269 e. The molecule has 0 aromatic carbocycles. The van der Waals surface area contributed by atoms with Gasteiger partial charge in [0.1, 0.15) is 6.04 Å². The Hall–Kier alpha value is -2.22. The minimum atomic E-state index is -0.752. The van der Waals surface area contributed by atoms with Gasteiger partial charge in [0, 0.05) is 12.4 Å². The lowest BCUT2D eigenvalue weighted by Gasteiger charge is -2.15. The summed E-state index contributed by atoms with van der Waals surface area (Å²) in [5.41, 5.74) is 0.585. The molecule has 2 amide bonds. The predicted molar refractivity (Wildman–Crippen MR) is 49.8 cm³/mol. The molecule has 0 fully saturated rings. The Morgan fingerprint density at radius 2 is 2.07 bits per heavy atom. The molecule has 0 radical (unpaired) electrons. The standard InChI is InChI=1S/C10H7N3O2/c1-6(4-11)13-9(14)7-2-3-12-5-8(7)10(13)15/h2-3,5-6H,1H3. The number of nitriles is 1. The number of hydrogen-bond donors (Lipinski definition) is 0. The highest BCUT2D eigenvalue weighted by atomic mass is 16.2. The fourth-order valence-corrected chi connectivity index (χ4v) is 1.51. The predicted octanol–water partition coefficient (Wildman–Crippen LogP) is 0.590. The summed E-state index contributed by atoms with van der Waals surface area (Å²) in [5, 5.41) is 8.70. The van der Waals surface area contributed by atoms with Crippen LogP contribution in [0.2, 0.25) is 0 Å². The lowest BCUT2D eigenvalue weighted by atomic mass is 10.2. The third-order valence-electron chi connectivity index (χ3n) is 2.29. The largest absolute Gasteiger partial charge is 0.269 e. The number of imide groups is 1. The molecule has 15 heavy (non-hydrogen) atoms. The first kappa shape index (κ1) is 9.34. The smallest absolute Gasteiger partial charge is 0.264 e. The maximum absolute atomic E-state index is 11.7. The van der Waals surface area contributed by atoms with Crippen LogP contribution in [0.25, 0.3) is 0 Å². The quantitative estimate of drug-likeness (QED) is 0.623. The van der Waals surface area contributed by atoms with Gasteiger partial charge in [0.05, 0.1) is 17.2 Å². The van der Waals surface area contributed by atoms with E-state index in [0.29, 0.717) is 5.56 Å². The van der Waals surface area contributed by atoms with Crippen LogP contribution in [0.15, 0.2) is 18.5 Å². The highest BCUT2D eigenvalue weighted by Crippen LogP contribution is 2.23. The number of nitrogens with zero attached hydrogens (tertiary/aromatic N) is 3. The van der Waals surface area contributed by atoms with Gasteiger partial charge in [0.2, 0.25) is 0 Å². The molecule has 0 saturated heterocycles. The van der Waals surface area contributed by atoms with Crippen molar-refractivity contribution in [1.82, 2.24) is 9.88 Å². The average molecular weight is 201 g/mol. The van der Waals surface area contributed by atoms with Crippen LogP contribution in [-0.4, -0.2) is 27.7 Å². The van der Waals surface area contributed by atoms with Crippen molar-refractivity contribution in [2.75, 3.05) is 0 Å². The fourth-order valence-electron chi connectivity index (χ4n) is 1.51. The van der Waals surface area contributed by atoms with Gasteiger partial charge in [-0.15, -0.1) is 0 Å². The maximum atomic E-state index is 11.7. The van der Waals surface area contributed by atoms with Crippen molar-refractivity contribution in [2.45, 2.75) is 13.0 Å². The Labute approximate surface area is 85.9 Å². The Kier molecular flexibility index (Phi) is 1.97. The molecule has 5 heteroatoms. The first-order valence-electron chi connectivity index (χ1n) is 4.38. The number of rotatable bonds is 1. The summed E-state index contributed by atoms with van der Waals surface area (Å²) >= 11 is 0. The Balaban J connectivity index is 2.51. The van der Waals surface area contributed by atoms with E-state index in [4.69, 9.17) is 5.26 Å². The number of aromatic nitrogens is 1. The van der Waals surface area contributed by atoms with E-state index in [1.54, 1.807) is 0 Å². The fraction of sp³-hybridized carbons (Fsp3) is 0.200. The third-order valence-corrected chi connectivity index (χ3v) is 2.29. The highest BCUT2D eigenvalue weighted by molar-refractivity contribution is 6.21. The van der Waals surface area contributed by atoms with Crippen LogP contribution in [0.3, 0.4) is 0 Å². The van der Waals surface area contributed by atoms with Gasteiger partial charge >= 0.3 is 0 Å². The second-order valence-corrected chi connectivity index (χ2v) is 3.21. The van der Waals surface area contributed by atoms with Gasteiger partial charge in [-0.2, -0.15) is 5.26 Å². The van der Waals surface area contributed by atoms with Crippen molar-refractivity contribution in [1.29, 1.82) is 5.26 Å². The summed E-state index contributed by atoms with van der Waals surface area (Å²) in [6, 6.07) is 2.60. The molecule has 1 aromatic rings. The van der Waals surface area contributed by atoms with E-state index in [2.05, 4.69) is 4.98 Å². The summed E-state index contributed by atoms with van der Waals surface area (Å²) in [6.07, 6.45) is 2.80. The van der Waals surface area contributed by atoms with Crippen LogP contribution < -0.4 is 0 Å². The van der Waals surface area contributed by atoms with Crippen molar-refractivity contribution in [3.63, 3.8) is 0 Å². The normalized spacial score (nSPS) is 16.1. The molecular weight excluding hydrogens is 194 g/mol. The highest BCUT2D eigenvalue weighted by Gasteiger charge is 2.38. The molecule has 1 unspecified atom stereocenters. The number of carbonyl (C=O) groups excluding carboxylic acids is 2. The Bertz CT molecular complexity index is 455. The van der Waals surface area contributed by atoms with Crippen molar-refractivity contribution in [2.24, 2.45) is 0 Å². The summed E-state index contributed by atoms with van der Waals surface area (Å²) in [5.74, 6) is -0.872. The van der Waals surface area contributed by atoms with Gasteiger partial charge in [-0.05, 0) is 13.0 Å². The summed E-state index contributed by atoms with van der Waals surface area (Å²) in [6.45, 7) is 1.51. The molecule has 2 heterocycles. The minimum absolute atomic E-state index is 0.268. The lowest BCUT2D eigenvalue weighted by Crippen LogP contribution is -2.36. The number of carbonyl (C=O) groups is 2. The maximum Gasteiger partial charge on any atom is 0.264 e. The molecule has 1 aliphatic rings. The lowest BCUT2D eigenvalue weighted by molar-refractivity contribution is 0.0629. The molecule has 1 aromatic heterocycles. The SMILES string of the molecule is CC(C#N)N1C(=O)c2ccncc2C1=O. The molecule has 1 aliphatic heterocycles. The van der Waals surface area contributed by atoms with E-state index >= 15 is 0 Å². The van der Waals surface area contributed by atoms with E-state index < -0.39 is 17.9 Å². The number of pyridine rings is 1. The summed E-state index contributed by atoms with van der Waals surface area (Å²) in [4.78, 5) is 28.2. The van der Waals surface area contributed by atoms with E-state index in [1.807, 2.05) is 6.07 Å². The summed E-state index contributed by atoms with van der Waals surface area (Å²) < 4.78 is 0. The van der Waals surface area contributed by atoms with Gasteiger partial charge in [-0.3, -0.25) is 19.5 Å². The molecule has 0 saturated carbocycles. The second kappa shape index (κ2) is 3.17. The molecule has 0 spiro atoms. The van der Waals surface area contributed by atoms with Crippen molar-refractivity contribution < 1.29 is 9.59 Å². The van der Waals surface area contributed by atoms with E-state index in [1.165, 1.54) is 25.4 Å². The zero-order valence-electron chi connectivity index (χ0n) is 7.97. The first-order chi connectivity index (χ1) is 7.16. The van der Waals surface area contributed by atoms with Crippen molar-refractivity contribution >= 4 is 11.8 Å². The van der Waals surface area contributed by atoms with Gasteiger partial charge in [-0.1, -0.05) is 0 Å². The zero-order valence-corrected chi connectivity index (χ0v) is 7.97. The molecule has 2 rings (SSSR count). The number of fused-ring (bicyclic) bond motifs is 1. The van der Waals surface area contributed by atoms with Crippen LogP contribution in [0, 0.1) is 11.3 Å². The van der Waals surface area contributed by atoms with Gasteiger partial charge < -0.3 is 0 Å². The van der Waals surface area contributed by atoms with Gasteiger partial charge in [0.15, 0.2) is 0 Å². The molecule has 1 atom stereocenters. The average Bonchev–Trinajstić information content (AvgIpc) is 2.52. The Morgan fingerprint density at radius 1 is 1.40 bits per heavy atom. The van der Waals surface area contributed by atoms with E-state index in [-0.39, 0.29) is 5.56 Å². The topological polar surface area (TPSA) is 74.1 Å². The van der Waals surface area contributed by atoms with Gasteiger partial charge in [0.25, 0.3) is 11.8 Å². The molecule has 74 valence electrons. The van der Waals surface area contributed by atoms with Crippen molar-refractivity contribution in [3.8, 4) is 6.07 Å². The summed E-state index contributed by atoms with van der Waals surface area (Å²) in [7, 11) is 0. The van der Waals surface area contributed by atoms with Crippen LogP contribution in [0.5, 0.6) is 0 Å². The Morgan fingerprint density at radius 3 is 2.67 bits per heavy atom. The monoisotopic (exact) mass is 201 g/mol. The van der Waals surface area contributed by atoms with E-state index in [0.717, 1.165) is 4.90 Å². The van der Waals surface area contributed by atoms with Crippen LogP contribution >= 0.6 is 0 Å². The number of hydrogen-bond acceptors (Lipinski definition) is 4. The van der Waals surface area contributed by atoms with Crippen LogP contribution in [0.1, 0.15) is 27.6 Å². The van der Waals surface area contributed by atoms with E-state index in [9.17, 15) is 9.59 Å².